The summed E-state index contributed by atoms with van der Waals surface area (Å²) in [6.45, 7) is 5.39. The van der Waals surface area contributed by atoms with E-state index in [4.69, 9.17) is 4.74 Å². The van der Waals surface area contributed by atoms with E-state index in [-0.39, 0.29) is 5.75 Å². The molecule has 1 radical (unpaired) electrons. The number of phenols is 1. The van der Waals surface area contributed by atoms with Gasteiger partial charge in [-0.3, -0.25) is 0 Å². The second kappa shape index (κ2) is 8.41. The van der Waals surface area contributed by atoms with E-state index >= 15 is 0 Å². The molecule has 0 heterocycles. The van der Waals surface area contributed by atoms with Crippen molar-refractivity contribution < 1.29 is 14.9 Å². The maximum Gasteiger partial charge on any atom is 0.119 e. The predicted octanol–water partition coefficient (Wildman–Crippen LogP) is 2.47. The molecular formula is C18H22NO3. The Kier molecular flexibility index (Phi) is 6.25. The van der Waals surface area contributed by atoms with Crippen LogP contribution in [-0.4, -0.2) is 29.9 Å². The van der Waals surface area contributed by atoms with Gasteiger partial charge in [-0.25, -0.2) is 0 Å². The summed E-state index contributed by atoms with van der Waals surface area (Å²) in [6, 6.07) is 14.5. The largest absolute Gasteiger partial charge is 0.508 e. The van der Waals surface area contributed by atoms with Crippen LogP contribution in [-0.2, 0) is 6.42 Å². The number of aliphatic hydroxyl groups is 1. The molecule has 0 aliphatic carbocycles. The molecule has 3 N–H and O–H groups in total. The fraction of sp³-hybridized carbons (Fsp3) is 0.278. The van der Waals surface area contributed by atoms with E-state index in [0.717, 1.165) is 12.2 Å². The van der Waals surface area contributed by atoms with Gasteiger partial charge >= 0.3 is 0 Å². The fourth-order valence-corrected chi connectivity index (χ4v) is 2.08. The number of hydrogen-bond acceptors (Lipinski definition) is 4. The minimum absolute atomic E-state index is 0.158. The summed E-state index contributed by atoms with van der Waals surface area (Å²) in [4.78, 5) is 0. The number of nitrogens with one attached hydrogen (secondary N) is 1. The molecule has 0 aliphatic rings. The molecule has 4 heteroatoms. The third-order valence-corrected chi connectivity index (χ3v) is 3.35. The SMILES string of the molecule is [CH2]Cc1ccc(OCCNCC(O)c2cccc(O)c2)cc1. The molecule has 2 aromatic carbocycles. The van der Waals surface area contributed by atoms with Gasteiger partial charge in [0.05, 0.1) is 6.10 Å². The molecule has 1 atom stereocenters. The topological polar surface area (TPSA) is 61.7 Å². The van der Waals surface area contributed by atoms with E-state index in [2.05, 4.69) is 12.2 Å². The summed E-state index contributed by atoms with van der Waals surface area (Å²) >= 11 is 0. The van der Waals surface area contributed by atoms with Crippen LogP contribution in [0, 0.1) is 6.92 Å². The number of ether oxygens (including phenoxy) is 1. The van der Waals surface area contributed by atoms with Crippen LogP contribution in [0.25, 0.3) is 0 Å². The highest BCUT2D eigenvalue weighted by Crippen LogP contribution is 2.17. The molecule has 1 unspecified atom stereocenters. The van der Waals surface area contributed by atoms with Gasteiger partial charge in [-0.2, -0.15) is 0 Å². The van der Waals surface area contributed by atoms with E-state index < -0.39 is 6.10 Å². The zero-order chi connectivity index (χ0) is 15.8. The molecule has 0 fully saturated rings. The van der Waals surface area contributed by atoms with Crippen molar-refractivity contribution in [2.75, 3.05) is 19.7 Å². The quantitative estimate of drug-likeness (QED) is 0.655. The van der Waals surface area contributed by atoms with Crippen molar-refractivity contribution in [1.82, 2.24) is 5.32 Å². The Labute approximate surface area is 131 Å². The molecule has 117 valence electrons. The lowest BCUT2D eigenvalue weighted by Crippen LogP contribution is -2.26. The van der Waals surface area contributed by atoms with Gasteiger partial charge in [0.1, 0.15) is 18.1 Å². The summed E-state index contributed by atoms with van der Waals surface area (Å²) < 4.78 is 5.61. The van der Waals surface area contributed by atoms with Crippen molar-refractivity contribution in [2.24, 2.45) is 0 Å². The molecule has 0 amide bonds. The van der Waals surface area contributed by atoms with Crippen LogP contribution in [0.15, 0.2) is 48.5 Å². The highest BCUT2D eigenvalue weighted by atomic mass is 16.5. The Hall–Kier alpha value is -2.04. The normalized spacial score (nSPS) is 12.1. The smallest absolute Gasteiger partial charge is 0.119 e. The lowest BCUT2D eigenvalue weighted by atomic mass is 10.1. The summed E-state index contributed by atoms with van der Waals surface area (Å²) in [5, 5.41) is 22.5. The van der Waals surface area contributed by atoms with Crippen molar-refractivity contribution in [3.63, 3.8) is 0 Å². The second-order valence-corrected chi connectivity index (χ2v) is 5.06. The molecule has 2 rings (SSSR count). The van der Waals surface area contributed by atoms with Gasteiger partial charge in [-0.15, -0.1) is 0 Å². The fourth-order valence-electron chi connectivity index (χ4n) is 2.08. The molecule has 0 spiro atoms. The Bertz CT molecular complexity index is 569. The van der Waals surface area contributed by atoms with Gasteiger partial charge in [0.15, 0.2) is 0 Å². The lowest BCUT2D eigenvalue weighted by Gasteiger charge is -2.13. The number of aliphatic hydroxyl groups excluding tert-OH is 1. The highest BCUT2D eigenvalue weighted by Gasteiger charge is 2.07. The Morgan fingerprint density at radius 2 is 1.91 bits per heavy atom. The lowest BCUT2D eigenvalue weighted by molar-refractivity contribution is 0.171. The highest BCUT2D eigenvalue weighted by molar-refractivity contribution is 5.29. The van der Waals surface area contributed by atoms with Crippen LogP contribution in [0.5, 0.6) is 11.5 Å². The van der Waals surface area contributed by atoms with Crippen LogP contribution >= 0.6 is 0 Å². The molecule has 0 saturated carbocycles. The molecule has 4 nitrogen and oxygen atoms in total. The minimum atomic E-state index is -0.650. The second-order valence-electron chi connectivity index (χ2n) is 5.06. The van der Waals surface area contributed by atoms with Gasteiger partial charge < -0.3 is 20.3 Å². The van der Waals surface area contributed by atoms with E-state index in [0.29, 0.717) is 25.3 Å². The van der Waals surface area contributed by atoms with Crippen LogP contribution in [0.2, 0.25) is 0 Å². The third kappa shape index (κ3) is 5.06. The minimum Gasteiger partial charge on any atom is -0.508 e. The van der Waals surface area contributed by atoms with Crippen molar-refractivity contribution in [1.29, 1.82) is 0 Å². The van der Waals surface area contributed by atoms with E-state index in [1.807, 2.05) is 24.3 Å². The molecule has 22 heavy (non-hydrogen) atoms. The molecule has 0 saturated heterocycles. The van der Waals surface area contributed by atoms with Gasteiger partial charge in [0.2, 0.25) is 0 Å². The number of benzene rings is 2. The number of phenolic OH excluding ortho intramolecular Hbond substituents is 1. The number of aromatic hydroxyl groups is 1. The van der Waals surface area contributed by atoms with Crippen LogP contribution in [0.1, 0.15) is 17.2 Å². The van der Waals surface area contributed by atoms with Crippen molar-refractivity contribution in [2.45, 2.75) is 12.5 Å². The Morgan fingerprint density at radius 1 is 1.14 bits per heavy atom. The van der Waals surface area contributed by atoms with Crippen LogP contribution in [0.3, 0.4) is 0 Å². The number of hydrogen-bond donors (Lipinski definition) is 3. The Morgan fingerprint density at radius 3 is 2.59 bits per heavy atom. The molecule has 2 aromatic rings. The zero-order valence-electron chi connectivity index (χ0n) is 12.5. The molecular weight excluding hydrogens is 278 g/mol. The third-order valence-electron chi connectivity index (χ3n) is 3.35. The zero-order valence-corrected chi connectivity index (χ0v) is 12.5. The van der Waals surface area contributed by atoms with Gasteiger partial charge in [0, 0.05) is 13.1 Å². The van der Waals surface area contributed by atoms with E-state index in [9.17, 15) is 10.2 Å². The van der Waals surface area contributed by atoms with Gasteiger partial charge in [-0.05, 0) is 48.7 Å². The first kappa shape index (κ1) is 16.3. The average molecular weight is 300 g/mol. The first-order chi connectivity index (χ1) is 10.7. The van der Waals surface area contributed by atoms with Crippen molar-refractivity contribution in [3.05, 3.63) is 66.6 Å². The molecule has 0 aliphatic heterocycles. The summed E-state index contributed by atoms with van der Waals surface area (Å²) in [7, 11) is 0. The van der Waals surface area contributed by atoms with Crippen LogP contribution < -0.4 is 10.1 Å². The van der Waals surface area contributed by atoms with Gasteiger partial charge in [-0.1, -0.05) is 24.3 Å². The summed E-state index contributed by atoms with van der Waals surface area (Å²) in [6.07, 6.45) is 0.123. The summed E-state index contributed by atoms with van der Waals surface area (Å²) in [5.74, 6) is 0.984. The molecule has 0 aromatic heterocycles. The number of rotatable bonds is 8. The van der Waals surface area contributed by atoms with E-state index in [1.54, 1.807) is 24.3 Å². The monoisotopic (exact) mass is 300 g/mol. The molecule has 0 bridgehead atoms. The first-order valence-corrected chi connectivity index (χ1v) is 7.37. The maximum atomic E-state index is 10.00. The van der Waals surface area contributed by atoms with E-state index in [1.165, 1.54) is 5.56 Å². The maximum absolute atomic E-state index is 10.00. The predicted molar refractivity (Wildman–Crippen MR) is 86.9 cm³/mol. The van der Waals surface area contributed by atoms with Gasteiger partial charge in [0.25, 0.3) is 0 Å². The standard InChI is InChI=1S/C18H22NO3/c1-2-14-6-8-17(9-7-14)22-11-10-19-13-18(21)15-4-3-5-16(20)12-15/h3-9,12,18-21H,1-2,10-11,13H2. The average Bonchev–Trinajstić information content (AvgIpc) is 2.55. The van der Waals surface area contributed by atoms with Crippen molar-refractivity contribution >= 4 is 0 Å². The Balaban J connectivity index is 1.66. The van der Waals surface area contributed by atoms with Crippen molar-refractivity contribution in [3.8, 4) is 11.5 Å². The first-order valence-electron chi connectivity index (χ1n) is 7.37. The van der Waals surface area contributed by atoms with Crippen LogP contribution in [0.4, 0.5) is 0 Å². The summed E-state index contributed by atoms with van der Waals surface area (Å²) in [5.41, 5.74) is 1.87.